The van der Waals surface area contributed by atoms with Crippen LogP contribution in [-0.4, -0.2) is 68.5 Å². The molecule has 0 saturated heterocycles. The quantitative estimate of drug-likeness (QED) is 0.0273. The van der Waals surface area contributed by atoms with Crippen LogP contribution in [0.15, 0.2) is 85.1 Å². The van der Waals surface area contributed by atoms with E-state index in [2.05, 4.69) is 92.1 Å². The number of quaternary nitrogens is 1. The predicted octanol–water partition coefficient (Wildman–Crippen LogP) is 14.3. The van der Waals surface area contributed by atoms with Gasteiger partial charge in [0.2, 0.25) is 5.91 Å². The molecule has 364 valence electrons. The van der Waals surface area contributed by atoms with E-state index in [1.165, 1.54) is 83.5 Å². The third kappa shape index (κ3) is 47.5. The molecule has 0 rings (SSSR count). The zero-order valence-electron chi connectivity index (χ0n) is 41.2. The van der Waals surface area contributed by atoms with Crippen molar-refractivity contribution in [1.29, 1.82) is 0 Å². The Hall–Kier alpha value is -2.32. The first-order chi connectivity index (χ1) is 30.5. The fourth-order valence-corrected chi connectivity index (χ4v) is 7.58. The van der Waals surface area contributed by atoms with E-state index in [9.17, 15) is 19.4 Å². The van der Waals surface area contributed by atoms with Crippen molar-refractivity contribution in [2.75, 3.05) is 40.9 Å². The Labute approximate surface area is 388 Å². The number of phosphoric ester groups is 1. The van der Waals surface area contributed by atoms with Crippen LogP contribution < -0.4 is 10.2 Å². The van der Waals surface area contributed by atoms with Crippen LogP contribution >= 0.6 is 7.82 Å². The van der Waals surface area contributed by atoms with Crippen LogP contribution in [0.5, 0.6) is 0 Å². The number of hydrogen-bond donors (Lipinski definition) is 2. The number of carbonyl (C=O) groups is 1. The monoisotopic (exact) mass is 901 g/mol. The van der Waals surface area contributed by atoms with Gasteiger partial charge in [0.25, 0.3) is 7.82 Å². The minimum absolute atomic E-state index is 0.00847. The highest BCUT2D eigenvalue weighted by Crippen LogP contribution is 2.38. The summed E-state index contributed by atoms with van der Waals surface area (Å²) in [5.41, 5.74) is 0. The third-order valence-electron chi connectivity index (χ3n) is 10.9. The number of phosphoric acid groups is 1. The molecule has 0 aromatic carbocycles. The topological polar surface area (TPSA) is 108 Å². The van der Waals surface area contributed by atoms with Gasteiger partial charge in [-0.1, -0.05) is 208 Å². The average Bonchev–Trinajstić information content (AvgIpc) is 3.24. The number of unbranched alkanes of at least 4 members (excludes halogenated alkanes) is 20. The minimum atomic E-state index is -4.60. The van der Waals surface area contributed by atoms with Gasteiger partial charge in [-0.3, -0.25) is 9.36 Å². The maximum atomic E-state index is 12.9. The molecule has 0 fully saturated rings. The first-order valence-electron chi connectivity index (χ1n) is 25.4. The molecular formula is C54H97N2O6P. The summed E-state index contributed by atoms with van der Waals surface area (Å²) >= 11 is 0. The van der Waals surface area contributed by atoms with Crippen molar-refractivity contribution in [3.63, 3.8) is 0 Å². The third-order valence-corrected chi connectivity index (χ3v) is 11.8. The molecule has 8 nitrogen and oxygen atoms in total. The van der Waals surface area contributed by atoms with Crippen molar-refractivity contribution in [3.05, 3.63) is 85.1 Å². The van der Waals surface area contributed by atoms with Gasteiger partial charge in [0.15, 0.2) is 0 Å². The van der Waals surface area contributed by atoms with E-state index in [-0.39, 0.29) is 12.5 Å². The molecule has 63 heavy (non-hydrogen) atoms. The molecule has 0 bridgehead atoms. The van der Waals surface area contributed by atoms with E-state index in [4.69, 9.17) is 9.05 Å². The number of likely N-dealkylation sites (N-methyl/N-ethyl adjacent to an activating group) is 1. The number of aliphatic hydroxyl groups is 1. The molecule has 0 heterocycles. The SMILES string of the molecule is CC/C=C\C/C=C\C/C=C\C/C=C\C/C=C\C/C=C\CCCCCCCCC(=O)NC(COP(=O)([O-])OCC[N+](C)(C)C)C(O)/C=C/CCCCCCCCCCCCCCCC. The van der Waals surface area contributed by atoms with Gasteiger partial charge in [-0.05, 0) is 70.6 Å². The molecule has 0 aliphatic rings. The number of nitrogens with one attached hydrogen (secondary N) is 1. The van der Waals surface area contributed by atoms with Crippen molar-refractivity contribution < 1.29 is 32.9 Å². The van der Waals surface area contributed by atoms with Crippen molar-refractivity contribution in [2.45, 2.75) is 212 Å². The lowest BCUT2D eigenvalue weighted by Crippen LogP contribution is -2.45. The van der Waals surface area contributed by atoms with Gasteiger partial charge >= 0.3 is 0 Å². The lowest BCUT2D eigenvalue weighted by Gasteiger charge is -2.29. The summed E-state index contributed by atoms with van der Waals surface area (Å²) in [6.07, 6.45) is 62.0. The maximum Gasteiger partial charge on any atom is 0.268 e. The molecule has 0 saturated carbocycles. The highest BCUT2D eigenvalue weighted by molar-refractivity contribution is 7.45. The molecular weight excluding hydrogens is 804 g/mol. The summed E-state index contributed by atoms with van der Waals surface area (Å²) < 4.78 is 23.3. The fourth-order valence-electron chi connectivity index (χ4n) is 6.86. The molecule has 1 amide bonds. The molecule has 3 atom stereocenters. The van der Waals surface area contributed by atoms with Crippen LogP contribution in [0.25, 0.3) is 0 Å². The number of allylic oxidation sites excluding steroid dienone is 13. The largest absolute Gasteiger partial charge is 0.756 e. The standard InChI is InChI=1S/C54H97N2O6P/c1-6-8-10-12-14-16-18-20-22-24-25-26-27-28-29-30-31-32-34-36-38-40-42-44-46-48-54(58)55-52(51-62-63(59,60)61-50-49-56(3,4)5)53(57)47-45-43-41-39-37-35-33-23-21-19-17-15-13-11-9-7-2/h8,10,14,16,20,22,25-26,28-29,31-32,45,47,52-53,57H,6-7,9,11-13,15,17-19,21,23-24,27,30,33-44,46,48-51H2,1-5H3,(H-,55,58,59,60)/b10-8-,16-14-,22-20-,26-25-,29-28-,32-31-,47-45+. The summed E-state index contributed by atoms with van der Waals surface area (Å²) in [4.78, 5) is 25.4. The van der Waals surface area contributed by atoms with Crippen LogP contribution in [0.4, 0.5) is 0 Å². The van der Waals surface area contributed by atoms with E-state index in [1.807, 2.05) is 27.2 Å². The number of carbonyl (C=O) groups excluding carboxylic acids is 1. The second kappa shape index (κ2) is 44.9. The zero-order valence-corrected chi connectivity index (χ0v) is 42.1. The van der Waals surface area contributed by atoms with E-state index in [1.54, 1.807) is 6.08 Å². The normalized spacial score (nSPS) is 14.8. The molecule has 9 heteroatoms. The fraction of sp³-hybridized carbons (Fsp3) is 0.722. The van der Waals surface area contributed by atoms with Crippen molar-refractivity contribution >= 4 is 13.7 Å². The Balaban J connectivity index is 4.36. The summed E-state index contributed by atoms with van der Waals surface area (Å²) in [7, 11) is 1.24. The van der Waals surface area contributed by atoms with Gasteiger partial charge < -0.3 is 28.8 Å². The molecule has 0 radical (unpaired) electrons. The molecule has 0 spiro atoms. The zero-order chi connectivity index (χ0) is 46.4. The number of aliphatic hydroxyl groups excluding tert-OH is 1. The Morgan fingerprint density at radius 1 is 0.571 bits per heavy atom. The first-order valence-corrected chi connectivity index (χ1v) is 26.9. The van der Waals surface area contributed by atoms with Gasteiger partial charge in [0.1, 0.15) is 13.2 Å². The van der Waals surface area contributed by atoms with E-state index < -0.39 is 26.6 Å². The lowest BCUT2D eigenvalue weighted by molar-refractivity contribution is -0.870. The van der Waals surface area contributed by atoms with Crippen LogP contribution in [0.1, 0.15) is 200 Å². The second-order valence-corrected chi connectivity index (χ2v) is 19.6. The van der Waals surface area contributed by atoms with Gasteiger partial charge in [0, 0.05) is 6.42 Å². The van der Waals surface area contributed by atoms with Crippen LogP contribution in [-0.2, 0) is 18.4 Å². The molecule has 0 aromatic rings. The van der Waals surface area contributed by atoms with Crippen molar-refractivity contribution in [3.8, 4) is 0 Å². The van der Waals surface area contributed by atoms with Crippen molar-refractivity contribution in [1.82, 2.24) is 5.32 Å². The smallest absolute Gasteiger partial charge is 0.268 e. The second-order valence-electron chi connectivity index (χ2n) is 18.1. The van der Waals surface area contributed by atoms with Crippen molar-refractivity contribution in [2.24, 2.45) is 0 Å². The molecule has 0 aliphatic heterocycles. The Morgan fingerprint density at radius 2 is 0.968 bits per heavy atom. The Kier molecular flexibility index (Phi) is 43.2. The van der Waals surface area contributed by atoms with Crippen LogP contribution in [0.3, 0.4) is 0 Å². The summed E-state index contributed by atoms with van der Waals surface area (Å²) in [6.45, 7) is 4.51. The number of amides is 1. The Morgan fingerprint density at radius 3 is 1.41 bits per heavy atom. The molecule has 2 N–H and O–H groups in total. The van der Waals surface area contributed by atoms with Crippen LogP contribution in [0, 0.1) is 0 Å². The summed E-state index contributed by atoms with van der Waals surface area (Å²) in [5, 5.41) is 13.8. The van der Waals surface area contributed by atoms with E-state index in [0.29, 0.717) is 17.4 Å². The van der Waals surface area contributed by atoms with Gasteiger partial charge in [-0.25, -0.2) is 0 Å². The first kappa shape index (κ1) is 60.7. The highest BCUT2D eigenvalue weighted by Gasteiger charge is 2.23. The molecule has 0 aliphatic carbocycles. The van der Waals surface area contributed by atoms with E-state index >= 15 is 0 Å². The predicted molar refractivity (Wildman–Crippen MR) is 270 cm³/mol. The highest BCUT2D eigenvalue weighted by atomic mass is 31.2. The molecule has 3 unspecified atom stereocenters. The van der Waals surface area contributed by atoms with Gasteiger partial charge in [-0.2, -0.15) is 0 Å². The summed E-state index contributed by atoms with van der Waals surface area (Å²) in [5.74, 6) is -0.215. The summed E-state index contributed by atoms with van der Waals surface area (Å²) in [6, 6.07) is -0.900. The number of nitrogens with zero attached hydrogens (tertiary/aromatic N) is 1. The van der Waals surface area contributed by atoms with Gasteiger partial charge in [0.05, 0.1) is 39.9 Å². The average molecular weight is 901 g/mol. The number of rotatable bonds is 45. The van der Waals surface area contributed by atoms with E-state index in [0.717, 1.165) is 96.3 Å². The molecule has 0 aromatic heterocycles. The lowest BCUT2D eigenvalue weighted by atomic mass is 10.0. The Bertz CT molecular complexity index is 1300. The maximum absolute atomic E-state index is 12.9. The van der Waals surface area contributed by atoms with Gasteiger partial charge in [-0.15, -0.1) is 0 Å². The number of hydrogen-bond acceptors (Lipinski definition) is 6. The minimum Gasteiger partial charge on any atom is -0.756 e. The van der Waals surface area contributed by atoms with Crippen LogP contribution in [0.2, 0.25) is 0 Å².